The molecule has 0 spiro atoms. The number of aliphatic hydroxyl groups is 1. The molecule has 0 aromatic rings. The second-order valence-corrected chi connectivity index (χ2v) is 12.4. The Labute approximate surface area is 191 Å². The van der Waals surface area contributed by atoms with Crippen LogP contribution in [0.3, 0.4) is 0 Å². The first-order valence-corrected chi connectivity index (χ1v) is 13.2. The van der Waals surface area contributed by atoms with E-state index in [0.29, 0.717) is 35.4 Å². The van der Waals surface area contributed by atoms with Gasteiger partial charge in [-0.2, -0.15) is 0 Å². The van der Waals surface area contributed by atoms with Crippen LogP contribution in [-0.4, -0.2) is 17.0 Å². The standard InChI is InChI=1S/C29H46O2/c1-7-20(18(2)3)9-8-19(4)23-10-11-24-27-25(13-15-29(23,24)6)28(5)14-12-22(30)16-21(28)17-26(27)31/h17,19-20,22-25,27,30H,2,7-16H2,1,3-6H3/t19-,20-,22+,23-,24?,25?,27?,28+,29-/m1/s1. The molecule has 0 aliphatic heterocycles. The zero-order chi connectivity index (χ0) is 22.6. The van der Waals surface area contributed by atoms with Crippen LogP contribution in [-0.2, 0) is 4.79 Å². The van der Waals surface area contributed by atoms with Gasteiger partial charge in [-0.05, 0) is 118 Å². The fourth-order valence-electron chi connectivity index (χ4n) is 8.82. The molecule has 0 heterocycles. The fourth-order valence-corrected chi connectivity index (χ4v) is 8.82. The van der Waals surface area contributed by atoms with Crippen LogP contribution in [0.4, 0.5) is 0 Å². The van der Waals surface area contributed by atoms with Gasteiger partial charge >= 0.3 is 0 Å². The Balaban J connectivity index is 1.53. The van der Waals surface area contributed by atoms with Crippen molar-refractivity contribution in [3.63, 3.8) is 0 Å². The average Bonchev–Trinajstić information content (AvgIpc) is 3.06. The summed E-state index contributed by atoms with van der Waals surface area (Å²) in [6.45, 7) is 16.1. The quantitative estimate of drug-likeness (QED) is 0.459. The third kappa shape index (κ3) is 3.79. The summed E-state index contributed by atoms with van der Waals surface area (Å²) >= 11 is 0. The van der Waals surface area contributed by atoms with Crippen molar-refractivity contribution in [2.45, 2.75) is 105 Å². The molecular formula is C29H46O2. The third-order valence-corrected chi connectivity index (χ3v) is 10.8. The van der Waals surface area contributed by atoms with Crippen LogP contribution < -0.4 is 0 Å². The molecule has 0 aromatic heterocycles. The molecule has 3 unspecified atom stereocenters. The highest BCUT2D eigenvalue weighted by Gasteiger charge is 2.61. The van der Waals surface area contributed by atoms with Crippen LogP contribution in [0.5, 0.6) is 0 Å². The van der Waals surface area contributed by atoms with Crippen LogP contribution in [0.15, 0.2) is 23.8 Å². The minimum atomic E-state index is -0.250. The molecule has 31 heavy (non-hydrogen) atoms. The van der Waals surface area contributed by atoms with Crippen molar-refractivity contribution in [1.29, 1.82) is 0 Å². The average molecular weight is 427 g/mol. The number of carbonyl (C=O) groups is 1. The highest BCUT2D eigenvalue weighted by atomic mass is 16.3. The number of carbonyl (C=O) groups excluding carboxylic acids is 1. The highest BCUT2D eigenvalue weighted by molar-refractivity contribution is 5.94. The molecule has 0 saturated heterocycles. The lowest BCUT2D eigenvalue weighted by Crippen LogP contribution is -2.53. The molecule has 0 bridgehead atoms. The maximum atomic E-state index is 13.5. The molecule has 4 aliphatic rings. The minimum Gasteiger partial charge on any atom is -0.393 e. The van der Waals surface area contributed by atoms with Crippen LogP contribution >= 0.6 is 0 Å². The second kappa shape index (κ2) is 8.47. The van der Waals surface area contributed by atoms with Crippen molar-refractivity contribution < 1.29 is 9.90 Å². The lowest BCUT2D eigenvalue weighted by Gasteiger charge is -2.57. The maximum Gasteiger partial charge on any atom is 0.159 e. The summed E-state index contributed by atoms with van der Waals surface area (Å²) in [7, 11) is 0. The fraction of sp³-hybridized carbons (Fsp3) is 0.828. The van der Waals surface area contributed by atoms with Gasteiger partial charge < -0.3 is 5.11 Å². The lowest BCUT2D eigenvalue weighted by atomic mass is 9.46. The van der Waals surface area contributed by atoms with Crippen LogP contribution in [0, 0.1) is 46.3 Å². The Morgan fingerprint density at radius 2 is 1.90 bits per heavy atom. The minimum absolute atomic E-state index is 0.138. The van der Waals surface area contributed by atoms with Gasteiger partial charge in [0.25, 0.3) is 0 Å². The van der Waals surface area contributed by atoms with Crippen LogP contribution in [0.1, 0.15) is 98.8 Å². The number of ketones is 1. The molecular weight excluding hydrogens is 380 g/mol. The first-order chi connectivity index (χ1) is 14.6. The molecule has 4 aliphatic carbocycles. The third-order valence-electron chi connectivity index (χ3n) is 10.8. The van der Waals surface area contributed by atoms with Crippen molar-refractivity contribution >= 4 is 5.78 Å². The molecule has 2 nitrogen and oxygen atoms in total. The van der Waals surface area contributed by atoms with Gasteiger partial charge in [-0.1, -0.05) is 45.4 Å². The monoisotopic (exact) mass is 426 g/mol. The van der Waals surface area contributed by atoms with Crippen molar-refractivity contribution in [2.24, 2.45) is 46.3 Å². The molecule has 3 fully saturated rings. The van der Waals surface area contributed by atoms with Gasteiger partial charge in [0, 0.05) is 5.92 Å². The van der Waals surface area contributed by atoms with Crippen molar-refractivity contribution in [1.82, 2.24) is 0 Å². The summed E-state index contributed by atoms with van der Waals surface area (Å²) in [5, 5.41) is 10.2. The number of aliphatic hydroxyl groups excluding tert-OH is 1. The SMILES string of the molecule is C=C(C)[C@H](CC)CC[C@@H](C)[C@H]1CCC2C3C(=O)C=C4C[C@@H](O)CC[C@]4(C)C3CC[C@@]21C. The summed E-state index contributed by atoms with van der Waals surface area (Å²) in [4.78, 5) is 13.5. The maximum absolute atomic E-state index is 13.5. The zero-order valence-electron chi connectivity index (χ0n) is 20.8. The summed E-state index contributed by atoms with van der Waals surface area (Å²) in [5.74, 6) is 3.80. The number of hydrogen-bond donors (Lipinski definition) is 1. The first-order valence-electron chi connectivity index (χ1n) is 13.2. The zero-order valence-corrected chi connectivity index (χ0v) is 20.8. The van der Waals surface area contributed by atoms with Gasteiger partial charge in [0.15, 0.2) is 5.78 Å². The van der Waals surface area contributed by atoms with E-state index >= 15 is 0 Å². The van der Waals surface area contributed by atoms with E-state index in [1.54, 1.807) is 0 Å². The van der Waals surface area contributed by atoms with Crippen LogP contribution in [0.25, 0.3) is 0 Å². The number of hydrogen-bond acceptors (Lipinski definition) is 2. The van der Waals surface area contributed by atoms with Crippen molar-refractivity contribution in [3.05, 3.63) is 23.8 Å². The predicted octanol–water partition coefficient (Wildman–Crippen LogP) is 7.12. The van der Waals surface area contributed by atoms with E-state index in [1.165, 1.54) is 56.1 Å². The van der Waals surface area contributed by atoms with Gasteiger partial charge in [-0.25, -0.2) is 0 Å². The van der Waals surface area contributed by atoms with E-state index in [2.05, 4.69) is 41.2 Å². The number of rotatable bonds is 6. The molecule has 1 N–H and O–H groups in total. The van der Waals surface area contributed by atoms with Gasteiger partial charge in [0.2, 0.25) is 0 Å². The van der Waals surface area contributed by atoms with Gasteiger partial charge in [0.1, 0.15) is 0 Å². The Bertz CT molecular complexity index is 750. The van der Waals surface area contributed by atoms with E-state index in [9.17, 15) is 9.90 Å². The van der Waals surface area contributed by atoms with Gasteiger partial charge in [-0.15, -0.1) is 0 Å². The Kier molecular flexibility index (Phi) is 6.36. The second-order valence-electron chi connectivity index (χ2n) is 12.4. The first kappa shape index (κ1) is 23.3. The summed E-state index contributed by atoms with van der Waals surface area (Å²) in [6.07, 6.45) is 13.2. The van der Waals surface area contributed by atoms with E-state index in [1.807, 2.05) is 6.08 Å². The number of fused-ring (bicyclic) bond motifs is 5. The van der Waals surface area contributed by atoms with Crippen molar-refractivity contribution in [2.75, 3.05) is 0 Å². The lowest BCUT2D eigenvalue weighted by molar-refractivity contribution is -0.135. The topological polar surface area (TPSA) is 37.3 Å². The van der Waals surface area contributed by atoms with Crippen LogP contribution in [0.2, 0.25) is 0 Å². The predicted molar refractivity (Wildman–Crippen MR) is 129 cm³/mol. The summed E-state index contributed by atoms with van der Waals surface area (Å²) < 4.78 is 0. The molecule has 0 amide bonds. The van der Waals surface area contributed by atoms with Gasteiger partial charge in [-0.3, -0.25) is 4.79 Å². The largest absolute Gasteiger partial charge is 0.393 e. The highest BCUT2D eigenvalue weighted by Crippen LogP contribution is 2.66. The Morgan fingerprint density at radius 1 is 1.16 bits per heavy atom. The van der Waals surface area contributed by atoms with E-state index in [4.69, 9.17) is 0 Å². The Hall–Kier alpha value is -0.890. The molecule has 4 rings (SSSR count). The molecule has 0 radical (unpaired) electrons. The van der Waals surface area contributed by atoms with Crippen molar-refractivity contribution in [3.8, 4) is 0 Å². The van der Waals surface area contributed by atoms with E-state index in [0.717, 1.165) is 24.7 Å². The molecule has 9 atom stereocenters. The van der Waals surface area contributed by atoms with Gasteiger partial charge in [0.05, 0.1) is 6.10 Å². The molecule has 3 saturated carbocycles. The van der Waals surface area contributed by atoms with E-state index in [-0.39, 0.29) is 17.4 Å². The molecule has 174 valence electrons. The molecule has 2 heteroatoms. The smallest absolute Gasteiger partial charge is 0.159 e. The molecule has 0 aromatic carbocycles. The summed E-state index contributed by atoms with van der Waals surface area (Å²) in [6, 6.07) is 0. The normalized spacial score (nSPS) is 44.0. The Morgan fingerprint density at radius 3 is 2.58 bits per heavy atom. The number of allylic oxidation sites excluding steroid dienone is 2. The van der Waals surface area contributed by atoms with E-state index < -0.39 is 0 Å². The summed E-state index contributed by atoms with van der Waals surface area (Å²) in [5.41, 5.74) is 3.05.